The molecule has 5 heteroatoms. The lowest BCUT2D eigenvalue weighted by Crippen LogP contribution is -2.42. The minimum absolute atomic E-state index is 0.0711. The van der Waals surface area contributed by atoms with Crippen molar-refractivity contribution in [3.05, 3.63) is 58.1 Å². The number of anilines is 2. The summed E-state index contributed by atoms with van der Waals surface area (Å²) in [7, 11) is 0. The van der Waals surface area contributed by atoms with Gasteiger partial charge in [-0.2, -0.15) is 0 Å². The fourth-order valence-corrected chi connectivity index (χ4v) is 4.03. The number of aryl methyl sites for hydroxylation is 1. The van der Waals surface area contributed by atoms with Crippen LogP contribution in [0.1, 0.15) is 24.0 Å². The lowest BCUT2D eigenvalue weighted by atomic mass is 10.0. The topological polar surface area (TPSA) is 49.4 Å². The van der Waals surface area contributed by atoms with Crippen LogP contribution >= 0.6 is 15.9 Å². The second-order valence-corrected chi connectivity index (χ2v) is 7.71. The summed E-state index contributed by atoms with van der Waals surface area (Å²) in [6.45, 7) is 2.65. The molecule has 2 aromatic carbocycles. The van der Waals surface area contributed by atoms with E-state index in [4.69, 9.17) is 0 Å². The SMILES string of the molecule is Cc1ccc(NC(=O)C2(C(=O)N3CCc4ccccc43)CC2)c(Br)c1. The number of hydrogen-bond acceptors (Lipinski definition) is 2. The molecule has 1 saturated carbocycles. The molecule has 0 aromatic heterocycles. The Bertz CT molecular complexity index is 874. The number of nitrogens with one attached hydrogen (secondary N) is 1. The van der Waals surface area contributed by atoms with Gasteiger partial charge in [-0.25, -0.2) is 0 Å². The van der Waals surface area contributed by atoms with Crippen molar-refractivity contribution < 1.29 is 9.59 Å². The Labute approximate surface area is 155 Å². The number of para-hydroxylation sites is 1. The maximum absolute atomic E-state index is 13.1. The van der Waals surface area contributed by atoms with Crippen molar-refractivity contribution in [2.24, 2.45) is 5.41 Å². The first kappa shape index (κ1) is 16.3. The van der Waals surface area contributed by atoms with Crippen molar-refractivity contribution in [3.63, 3.8) is 0 Å². The van der Waals surface area contributed by atoms with Gasteiger partial charge < -0.3 is 10.2 Å². The van der Waals surface area contributed by atoms with Gasteiger partial charge in [-0.1, -0.05) is 24.3 Å². The molecule has 1 N–H and O–H groups in total. The van der Waals surface area contributed by atoms with Gasteiger partial charge in [0.05, 0.1) is 5.69 Å². The lowest BCUT2D eigenvalue weighted by molar-refractivity contribution is -0.132. The number of rotatable bonds is 3. The Morgan fingerprint density at radius 1 is 1.16 bits per heavy atom. The highest BCUT2D eigenvalue weighted by Gasteiger charge is 2.58. The Hall–Kier alpha value is -2.14. The highest BCUT2D eigenvalue weighted by atomic mass is 79.9. The number of fused-ring (bicyclic) bond motifs is 1. The predicted molar refractivity (Wildman–Crippen MR) is 102 cm³/mol. The second-order valence-electron chi connectivity index (χ2n) is 6.86. The summed E-state index contributed by atoms with van der Waals surface area (Å²) in [4.78, 5) is 27.8. The van der Waals surface area contributed by atoms with Crippen LogP contribution < -0.4 is 10.2 Å². The van der Waals surface area contributed by atoms with Gasteiger partial charge in [0.25, 0.3) is 0 Å². The Kier molecular flexibility index (Phi) is 3.91. The summed E-state index contributed by atoms with van der Waals surface area (Å²) in [5.74, 6) is -0.274. The van der Waals surface area contributed by atoms with E-state index in [-0.39, 0.29) is 11.8 Å². The van der Waals surface area contributed by atoms with E-state index in [1.807, 2.05) is 49.4 Å². The summed E-state index contributed by atoms with van der Waals surface area (Å²) in [5.41, 5.74) is 3.02. The zero-order chi connectivity index (χ0) is 17.6. The maximum atomic E-state index is 13.1. The van der Waals surface area contributed by atoms with Gasteiger partial charge in [0.2, 0.25) is 11.8 Å². The summed E-state index contributed by atoms with van der Waals surface area (Å²) in [5, 5.41) is 2.94. The van der Waals surface area contributed by atoms with Crippen molar-refractivity contribution in [3.8, 4) is 0 Å². The summed E-state index contributed by atoms with van der Waals surface area (Å²) in [6, 6.07) is 13.7. The first-order valence-electron chi connectivity index (χ1n) is 8.49. The quantitative estimate of drug-likeness (QED) is 0.792. The third-order valence-electron chi connectivity index (χ3n) is 5.10. The Morgan fingerprint density at radius 2 is 1.92 bits per heavy atom. The van der Waals surface area contributed by atoms with Crippen molar-refractivity contribution >= 4 is 39.1 Å². The van der Waals surface area contributed by atoms with Crippen LogP contribution in [0.3, 0.4) is 0 Å². The zero-order valence-corrected chi connectivity index (χ0v) is 15.6. The average Bonchev–Trinajstić information content (AvgIpc) is 3.30. The van der Waals surface area contributed by atoms with E-state index < -0.39 is 5.41 Å². The van der Waals surface area contributed by atoms with Gasteiger partial charge >= 0.3 is 0 Å². The van der Waals surface area contributed by atoms with Crippen LogP contribution in [-0.2, 0) is 16.0 Å². The molecule has 0 radical (unpaired) electrons. The van der Waals surface area contributed by atoms with E-state index in [0.29, 0.717) is 25.1 Å². The van der Waals surface area contributed by atoms with E-state index >= 15 is 0 Å². The predicted octanol–water partition coefficient (Wildman–Crippen LogP) is 4.07. The molecule has 0 unspecified atom stereocenters. The normalized spacial score (nSPS) is 17.1. The molecular weight excluding hydrogens is 380 g/mol. The van der Waals surface area contributed by atoms with E-state index in [1.165, 1.54) is 5.56 Å². The van der Waals surface area contributed by atoms with E-state index in [0.717, 1.165) is 22.1 Å². The molecule has 0 saturated heterocycles. The van der Waals surface area contributed by atoms with Crippen molar-refractivity contribution in [1.29, 1.82) is 0 Å². The molecule has 0 spiro atoms. The number of carbonyl (C=O) groups excluding carboxylic acids is 2. The number of hydrogen-bond donors (Lipinski definition) is 1. The molecule has 1 aliphatic carbocycles. The standard InChI is InChI=1S/C20H19BrN2O2/c1-13-6-7-16(15(21)12-13)22-18(24)20(9-10-20)19(25)23-11-8-14-4-2-3-5-17(14)23/h2-7,12H,8-11H2,1H3,(H,22,24). The van der Waals surface area contributed by atoms with Gasteiger partial charge in [-0.15, -0.1) is 0 Å². The highest BCUT2D eigenvalue weighted by molar-refractivity contribution is 9.10. The molecule has 25 heavy (non-hydrogen) atoms. The lowest BCUT2D eigenvalue weighted by Gasteiger charge is -2.23. The molecule has 1 aliphatic heterocycles. The fraction of sp³-hybridized carbons (Fsp3) is 0.300. The number of carbonyl (C=O) groups is 2. The zero-order valence-electron chi connectivity index (χ0n) is 14.0. The molecule has 2 amide bonds. The third-order valence-corrected chi connectivity index (χ3v) is 5.76. The molecular formula is C20H19BrN2O2. The first-order valence-corrected chi connectivity index (χ1v) is 9.28. The van der Waals surface area contributed by atoms with Crippen LogP contribution in [-0.4, -0.2) is 18.4 Å². The Balaban J connectivity index is 1.56. The number of nitrogens with zero attached hydrogens (tertiary/aromatic N) is 1. The molecule has 1 heterocycles. The third kappa shape index (κ3) is 2.76. The minimum atomic E-state index is -0.915. The monoisotopic (exact) mass is 398 g/mol. The van der Waals surface area contributed by atoms with Crippen LogP contribution in [0.4, 0.5) is 11.4 Å². The molecule has 128 valence electrons. The van der Waals surface area contributed by atoms with Gasteiger partial charge in [-0.3, -0.25) is 9.59 Å². The molecule has 1 fully saturated rings. The summed E-state index contributed by atoms with van der Waals surface area (Å²) < 4.78 is 0.829. The molecule has 0 atom stereocenters. The number of amides is 2. The van der Waals surface area contributed by atoms with Crippen molar-refractivity contribution in [2.75, 3.05) is 16.8 Å². The minimum Gasteiger partial charge on any atom is -0.324 e. The highest BCUT2D eigenvalue weighted by Crippen LogP contribution is 2.50. The largest absolute Gasteiger partial charge is 0.324 e. The molecule has 2 aliphatic rings. The Morgan fingerprint density at radius 3 is 2.64 bits per heavy atom. The number of halogens is 1. The van der Waals surface area contributed by atoms with Crippen LogP contribution in [0, 0.1) is 12.3 Å². The molecule has 0 bridgehead atoms. The molecule has 4 rings (SSSR count). The van der Waals surface area contributed by atoms with Gasteiger partial charge in [0.15, 0.2) is 0 Å². The van der Waals surface area contributed by atoms with Crippen LogP contribution in [0.25, 0.3) is 0 Å². The van der Waals surface area contributed by atoms with Crippen molar-refractivity contribution in [1.82, 2.24) is 0 Å². The fourth-order valence-electron chi connectivity index (χ4n) is 3.43. The molecule has 2 aromatic rings. The number of benzene rings is 2. The van der Waals surface area contributed by atoms with E-state index in [1.54, 1.807) is 4.90 Å². The van der Waals surface area contributed by atoms with Gasteiger partial charge in [0, 0.05) is 16.7 Å². The van der Waals surface area contributed by atoms with Crippen LogP contribution in [0.5, 0.6) is 0 Å². The van der Waals surface area contributed by atoms with E-state index in [9.17, 15) is 9.59 Å². The summed E-state index contributed by atoms with van der Waals surface area (Å²) in [6.07, 6.45) is 2.07. The van der Waals surface area contributed by atoms with Crippen molar-refractivity contribution in [2.45, 2.75) is 26.2 Å². The average molecular weight is 399 g/mol. The smallest absolute Gasteiger partial charge is 0.242 e. The van der Waals surface area contributed by atoms with Crippen LogP contribution in [0.15, 0.2) is 46.9 Å². The molecule has 4 nitrogen and oxygen atoms in total. The summed E-state index contributed by atoms with van der Waals surface area (Å²) >= 11 is 3.48. The van der Waals surface area contributed by atoms with Crippen LogP contribution in [0.2, 0.25) is 0 Å². The second kappa shape index (κ2) is 5.99. The van der Waals surface area contributed by atoms with Gasteiger partial charge in [-0.05, 0) is 71.4 Å². The maximum Gasteiger partial charge on any atom is 0.242 e. The first-order chi connectivity index (χ1) is 12.0. The van der Waals surface area contributed by atoms with Gasteiger partial charge in [0.1, 0.15) is 5.41 Å². The van der Waals surface area contributed by atoms with E-state index in [2.05, 4.69) is 21.2 Å².